The first-order valence-electron chi connectivity index (χ1n) is 6.73. The Morgan fingerprint density at radius 1 is 1.15 bits per heavy atom. The van der Waals surface area contributed by atoms with Crippen molar-refractivity contribution in [1.82, 2.24) is 5.32 Å². The van der Waals surface area contributed by atoms with E-state index in [1.807, 2.05) is 24.3 Å². The van der Waals surface area contributed by atoms with Crippen LogP contribution < -0.4 is 10.1 Å². The van der Waals surface area contributed by atoms with Gasteiger partial charge in [-0.2, -0.15) is 0 Å². The van der Waals surface area contributed by atoms with Crippen LogP contribution in [0.4, 0.5) is 0 Å². The molecule has 0 aliphatic carbocycles. The van der Waals surface area contributed by atoms with Gasteiger partial charge < -0.3 is 10.1 Å². The van der Waals surface area contributed by atoms with Gasteiger partial charge in [-0.25, -0.2) is 0 Å². The van der Waals surface area contributed by atoms with E-state index >= 15 is 0 Å². The number of benzene rings is 2. The molecule has 2 heteroatoms. The molecule has 2 rings (SSSR count). The minimum Gasteiger partial charge on any atom is -0.481 e. The number of ether oxygens (including phenoxy) is 1. The van der Waals surface area contributed by atoms with Crippen LogP contribution in [-0.2, 0) is 6.54 Å². The summed E-state index contributed by atoms with van der Waals surface area (Å²) in [6.45, 7) is 3.26. The SMILES string of the molecule is C#CCOc1cccc(CN[C@H](C)c2ccccc2)c1. The Morgan fingerprint density at radius 3 is 2.70 bits per heavy atom. The summed E-state index contributed by atoms with van der Waals surface area (Å²) < 4.78 is 5.42. The summed E-state index contributed by atoms with van der Waals surface area (Å²) in [5, 5.41) is 3.50. The smallest absolute Gasteiger partial charge is 0.148 e. The Kier molecular flexibility index (Phi) is 5.23. The standard InChI is InChI=1S/C18H19NO/c1-3-12-20-18-11-7-8-16(13-18)14-19-15(2)17-9-5-4-6-10-17/h1,4-11,13,15,19H,12,14H2,2H3/t15-/m1/s1. The van der Waals surface area contributed by atoms with E-state index in [0.29, 0.717) is 12.6 Å². The number of nitrogens with one attached hydrogen (secondary N) is 1. The molecular formula is C18H19NO. The lowest BCUT2D eigenvalue weighted by Gasteiger charge is -2.14. The van der Waals surface area contributed by atoms with Crippen LogP contribution >= 0.6 is 0 Å². The van der Waals surface area contributed by atoms with Gasteiger partial charge in [-0.1, -0.05) is 48.4 Å². The lowest BCUT2D eigenvalue weighted by Crippen LogP contribution is -2.17. The van der Waals surface area contributed by atoms with Crippen molar-refractivity contribution >= 4 is 0 Å². The third-order valence-corrected chi connectivity index (χ3v) is 3.13. The summed E-state index contributed by atoms with van der Waals surface area (Å²) in [6.07, 6.45) is 5.19. The maximum Gasteiger partial charge on any atom is 0.148 e. The molecule has 0 radical (unpaired) electrons. The molecule has 0 aliphatic heterocycles. The minimum atomic E-state index is 0.303. The summed E-state index contributed by atoms with van der Waals surface area (Å²) in [5.41, 5.74) is 2.47. The number of terminal acetylenes is 1. The molecule has 0 saturated heterocycles. The molecule has 0 bridgehead atoms. The quantitative estimate of drug-likeness (QED) is 0.806. The van der Waals surface area contributed by atoms with Crippen LogP contribution in [0.25, 0.3) is 0 Å². The maximum atomic E-state index is 5.42. The van der Waals surface area contributed by atoms with Gasteiger partial charge in [0.2, 0.25) is 0 Å². The van der Waals surface area contributed by atoms with Gasteiger partial charge in [-0.05, 0) is 30.2 Å². The van der Waals surface area contributed by atoms with E-state index in [-0.39, 0.29) is 0 Å². The molecule has 0 fully saturated rings. The lowest BCUT2D eigenvalue weighted by atomic mass is 10.1. The molecule has 2 aromatic rings. The molecule has 2 aromatic carbocycles. The number of rotatable bonds is 6. The van der Waals surface area contributed by atoms with E-state index < -0.39 is 0 Å². The monoisotopic (exact) mass is 265 g/mol. The highest BCUT2D eigenvalue weighted by atomic mass is 16.5. The predicted octanol–water partition coefficient (Wildman–Crippen LogP) is 3.55. The normalized spacial score (nSPS) is 11.6. The minimum absolute atomic E-state index is 0.303. The first-order valence-corrected chi connectivity index (χ1v) is 6.73. The highest BCUT2D eigenvalue weighted by Gasteiger charge is 2.04. The number of hydrogen-bond acceptors (Lipinski definition) is 2. The van der Waals surface area contributed by atoms with Gasteiger partial charge in [0.25, 0.3) is 0 Å². The van der Waals surface area contributed by atoms with Gasteiger partial charge in [-0.3, -0.25) is 0 Å². The van der Waals surface area contributed by atoms with E-state index in [0.717, 1.165) is 12.3 Å². The summed E-state index contributed by atoms with van der Waals surface area (Å²) in [7, 11) is 0. The van der Waals surface area contributed by atoms with E-state index in [1.54, 1.807) is 0 Å². The molecular weight excluding hydrogens is 246 g/mol. The molecule has 0 unspecified atom stereocenters. The molecule has 0 heterocycles. The fourth-order valence-electron chi connectivity index (χ4n) is 2.00. The van der Waals surface area contributed by atoms with Crippen LogP contribution in [-0.4, -0.2) is 6.61 Å². The van der Waals surface area contributed by atoms with Gasteiger partial charge in [-0.15, -0.1) is 6.42 Å². The molecule has 1 N–H and O–H groups in total. The summed E-state index contributed by atoms with van der Waals surface area (Å²) >= 11 is 0. The fourth-order valence-corrected chi connectivity index (χ4v) is 2.00. The molecule has 0 amide bonds. The Morgan fingerprint density at radius 2 is 1.95 bits per heavy atom. The van der Waals surface area contributed by atoms with Crippen molar-refractivity contribution in [2.24, 2.45) is 0 Å². The molecule has 0 aromatic heterocycles. The molecule has 0 spiro atoms. The van der Waals surface area contributed by atoms with E-state index in [1.165, 1.54) is 11.1 Å². The first-order chi connectivity index (χ1) is 9.79. The van der Waals surface area contributed by atoms with Crippen LogP contribution in [0.1, 0.15) is 24.1 Å². The Bertz CT molecular complexity index is 571. The van der Waals surface area contributed by atoms with Gasteiger partial charge in [0, 0.05) is 12.6 Å². The van der Waals surface area contributed by atoms with Crippen LogP contribution in [0.2, 0.25) is 0 Å². The van der Waals surface area contributed by atoms with Crippen molar-refractivity contribution < 1.29 is 4.74 Å². The molecule has 0 saturated carbocycles. The number of hydrogen-bond donors (Lipinski definition) is 1. The van der Waals surface area contributed by atoms with Crippen LogP contribution in [0.3, 0.4) is 0 Å². The van der Waals surface area contributed by atoms with Crippen LogP contribution in [0.15, 0.2) is 54.6 Å². The van der Waals surface area contributed by atoms with Gasteiger partial charge >= 0.3 is 0 Å². The van der Waals surface area contributed by atoms with Crippen LogP contribution in [0.5, 0.6) is 5.75 Å². The van der Waals surface area contributed by atoms with Gasteiger partial charge in [0.15, 0.2) is 0 Å². The Balaban J connectivity index is 1.92. The third kappa shape index (κ3) is 4.15. The first kappa shape index (κ1) is 14.2. The van der Waals surface area contributed by atoms with Crippen LogP contribution in [0, 0.1) is 12.3 Å². The second kappa shape index (κ2) is 7.37. The average Bonchev–Trinajstić information content (AvgIpc) is 2.52. The predicted molar refractivity (Wildman–Crippen MR) is 82.5 cm³/mol. The van der Waals surface area contributed by atoms with Crippen molar-refractivity contribution in [1.29, 1.82) is 0 Å². The van der Waals surface area contributed by atoms with Gasteiger partial charge in [0.05, 0.1) is 0 Å². The third-order valence-electron chi connectivity index (χ3n) is 3.13. The zero-order chi connectivity index (χ0) is 14.2. The average molecular weight is 265 g/mol. The zero-order valence-electron chi connectivity index (χ0n) is 11.7. The highest BCUT2D eigenvalue weighted by Crippen LogP contribution is 2.15. The largest absolute Gasteiger partial charge is 0.481 e. The molecule has 1 atom stereocenters. The maximum absolute atomic E-state index is 5.42. The summed E-state index contributed by atoms with van der Waals surface area (Å²) in [6, 6.07) is 18.7. The second-order valence-electron chi connectivity index (χ2n) is 4.65. The summed E-state index contributed by atoms with van der Waals surface area (Å²) in [4.78, 5) is 0. The van der Waals surface area contributed by atoms with Crippen molar-refractivity contribution in [3.63, 3.8) is 0 Å². The Hall–Kier alpha value is -2.24. The van der Waals surface area contributed by atoms with E-state index in [4.69, 9.17) is 11.2 Å². The van der Waals surface area contributed by atoms with E-state index in [9.17, 15) is 0 Å². The molecule has 20 heavy (non-hydrogen) atoms. The molecule has 102 valence electrons. The van der Waals surface area contributed by atoms with Crippen molar-refractivity contribution in [3.8, 4) is 18.1 Å². The Labute approximate surface area is 120 Å². The van der Waals surface area contributed by atoms with Gasteiger partial charge in [0.1, 0.15) is 12.4 Å². The van der Waals surface area contributed by atoms with Crippen molar-refractivity contribution in [2.75, 3.05) is 6.61 Å². The molecule has 2 nitrogen and oxygen atoms in total. The molecule has 0 aliphatic rings. The topological polar surface area (TPSA) is 21.3 Å². The summed E-state index contributed by atoms with van der Waals surface area (Å²) in [5.74, 6) is 3.28. The van der Waals surface area contributed by atoms with Crippen molar-refractivity contribution in [3.05, 3.63) is 65.7 Å². The zero-order valence-corrected chi connectivity index (χ0v) is 11.7. The van der Waals surface area contributed by atoms with E-state index in [2.05, 4.69) is 48.5 Å². The highest BCUT2D eigenvalue weighted by molar-refractivity contribution is 5.29. The van der Waals surface area contributed by atoms with Crippen molar-refractivity contribution in [2.45, 2.75) is 19.5 Å². The lowest BCUT2D eigenvalue weighted by molar-refractivity contribution is 0.369. The second-order valence-corrected chi connectivity index (χ2v) is 4.65. The fraction of sp³-hybridized carbons (Fsp3) is 0.222.